The van der Waals surface area contributed by atoms with Gasteiger partial charge in [-0.2, -0.15) is 0 Å². The highest BCUT2D eigenvalue weighted by Crippen LogP contribution is 2.22. The average molecular weight is 235 g/mol. The van der Waals surface area contributed by atoms with Crippen LogP contribution in [0.15, 0.2) is 24.3 Å². The maximum atomic E-state index is 11.3. The second-order valence-electron chi connectivity index (χ2n) is 4.53. The van der Waals surface area contributed by atoms with Crippen molar-refractivity contribution in [1.29, 1.82) is 0 Å². The summed E-state index contributed by atoms with van der Waals surface area (Å²) in [6.07, 6.45) is 0.341. The van der Waals surface area contributed by atoms with Crippen molar-refractivity contribution >= 4 is 5.97 Å². The van der Waals surface area contributed by atoms with E-state index in [0.29, 0.717) is 18.9 Å². The number of methoxy groups -OCH3 is 1. The quantitative estimate of drug-likeness (QED) is 0.797. The number of carbonyl (C=O) groups excluding carboxylic acids is 1. The van der Waals surface area contributed by atoms with E-state index in [4.69, 9.17) is 5.73 Å². The molecule has 0 aromatic heterocycles. The van der Waals surface area contributed by atoms with Gasteiger partial charge in [0, 0.05) is 5.92 Å². The first-order valence-electron chi connectivity index (χ1n) is 5.95. The van der Waals surface area contributed by atoms with E-state index in [-0.39, 0.29) is 11.9 Å². The summed E-state index contributed by atoms with van der Waals surface area (Å²) in [5.41, 5.74) is 8.09. The zero-order chi connectivity index (χ0) is 12.8. The largest absolute Gasteiger partial charge is 0.469 e. The smallest absolute Gasteiger partial charge is 0.306 e. The Kier molecular flexibility index (Phi) is 5.16. The van der Waals surface area contributed by atoms with E-state index >= 15 is 0 Å². The number of benzene rings is 1. The molecule has 3 heteroatoms. The van der Waals surface area contributed by atoms with Crippen molar-refractivity contribution < 1.29 is 9.53 Å². The van der Waals surface area contributed by atoms with Gasteiger partial charge in [0.1, 0.15) is 0 Å². The molecule has 1 aromatic carbocycles. The van der Waals surface area contributed by atoms with Crippen LogP contribution in [0.3, 0.4) is 0 Å². The third kappa shape index (κ3) is 3.86. The molecule has 0 heterocycles. The summed E-state index contributed by atoms with van der Waals surface area (Å²) < 4.78 is 4.67. The van der Waals surface area contributed by atoms with E-state index in [9.17, 15) is 4.79 Å². The molecule has 0 aliphatic carbocycles. The number of ether oxygens (including phenoxy) is 1. The maximum absolute atomic E-state index is 11.3. The van der Waals surface area contributed by atoms with Crippen molar-refractivity contribution in [3.05, 3.63) is 35.4 Å². The minimum absolute atomic E-state index is 0.0451. The molecule has 0 amide bonds. The zero-order valence-corrected chi connectivity index (χ0v) is 10.8. The van der Waals surface area contributed by atoms with Crippen molar-refractivity contribution in [2.45, 2.75) is 32.1 Å². The lowest BCUT2D eigenvalue weighted by Gasteiger charge is -2.15. The highest BCUT2D eigenvalue weighted by atomic mass is 16.5. The minimum atomic E-state index is -0.214. The van der Waals surface area contributed by atoms with E-state index in [2.05, 4.69) is 42.8 Å². The molecule has 0 aliphatic rings. The van der Waals surface area contributed by atoms with Crippen molar-refractivity contribution in [1.82, 2.24) is 0 Å². The van der Waals surface area contributed by atoms with Crippen LogP contribution in [-0.4, -0.2) is 19.6 Å². The van der Waals surface area contributed by atoms with Crippen LogP contribution in [-0.2, 0) is 9.53 Å². The molecular weight excluding hydrogens is 214 g/mol. The number of esters is 1. The lowest BCUT2D eigenvalue weighted by Crippen LogP contribution is -2.17. The van der Waals surface area contributed by atoms with Gasteiger partial charge < -0.3 is 10.5 Å². The molecule has 94 valence electrons. The SMILES string of the molecule is COC(=O)CC(CN)c1ccc(C(C)C)cc1. The summed E-state index contributed by atoms with van der Waals surface area (Å²) in [5.74, 6) is 0.345. The molecule has 0 radical (unpaired) electrons. The highest BCUT2D eigenvalue weighted by Gasteiger charge is 2.15. The Balaban J connectivity index is 2.78. The summed E-state index contributed by atoms with van der Waals surface area (Å²) >= 11 is 0. The number of nitrogens with two attached hydrogens (primary N) is 1. The maximum Gasteiger partial charge on any atom is 0.306 e. The monoisotopic (exact) mass is 235 g/mol. The molecule has 0 bridgehead atoms. The Hall–Kier alpha value is -1.35. The Bertz CT molecular complexity index is 357. The summed E-state index contributed by atoms with van der Waals surface area (Å²) in [5, 5.41) is 0. The van der Waals surface area contributed by atoms with Crippen LogP contribution in [0.5, 0.6) is 0 Å². The van der Waals surface area contributed by atoms with Gasteiger partial charge in [-0.25, -0.2) is 0 Å². The second-order valence-corrected chi connectivity index (χ2v) is 4.53. The lowest BCUT2D eigenvalue weighted by atomic mass is 9.93. The van der Waals surface area contributed by atoms with Gasteiger partial charge >= 0.3 is 5.97 Å². The van der Waals surface area contributed by atoms with Crippen molar-refractivity contribution in [2.75, 3.05) is 13.7 Å². The molecule has 1 unspecified atom stereocenters. The van der Waals surface area contributed by atoms with Gasteiger partial charge in [-0.15, -0.1) is 0 Å². The molecular formula is C14H21NO2. The van der Waals surface area contributed by atoms with E-state index < -0.39 is 0 Å². The third-order valence-electron chi connectivity index (χ3n) is 3.00. The van der Waals surface area contributed by atoms with Crippen LogP contribution >= 0.6 is 0 Å². The average Bonchev–Trinajstić information content (AvgIpc) is 2.35. The third-order valence-corrected chi connectivity index (χ3v) is 3.00. The van der Waals surface area contributed by atoms with Crippen molar-refractivity contribution in [3.8, 4) is 0 Å². The summed E-state index contributed by atoms with van der Waals surface area (Å²) in [4.78, 5) is 11.3. The van der Waals surface area contributed by atoms with Gasteiger partial charge in [-0.1, -0.05) is 38.1 Å². The van der Waals surface area contributed by atoms with Crippen LogP contribution in [0, 0.1) is 0 Å². The molecule has 1 rings (SSSR count). The van der Waals surface area contributed by atoms with Crippen LogP contribution in [0.25, 0.3) is 0 Å². The van der Waals surface area contributed by atoms with Crippen molar-refractivity contribution in [3.63, 3.8) is 0 Å². The summed E-state index contributed by atoms with van der Waals surface area (Å²) in [7, 11) is 1.40. The minimum Gasteiger partial charge on any atom is -0.469 e. The molecule has 0 spiro atoms. The van der Waals surface area contributed by atoms with Gasteiger partial charge in [0.05, 0.1) is 13.5 Å². The van der Waals surface area contributed by atoms with E-state index in [1.807, 2.05) is 0 Å². The number of hydrogen-bond donors (Lipinski definition) is 1. The lowest BCUT2D eigenvalue weighted by molar-refractivity contribution is -0.141. The van der Waals surface area contributed by atoms with Crippen LogP contribution < -0.4 is 5.73 Å². The number of rotatable bonds is 5. The molecule has 0 fully saturated rings. The number of carbonyl (C=O) groups is 1. The standard InChI is InChI=1S/C14H21NO2/c1-10(2)11-4-6-12(7-5-11)13(9-15)8-14(16)17-3/h4-7,10,13H,8-9,15H2,1-3H3. The molecule has 1 aromatic rings. The molecule has 2 N–H and O–H groups in total. The molecule has 17 heavy (non-hydrogen) atoms. The normalized spacial score (nSPS) is 12.5. The fourth-order valence-corrected chi connectivity index (χ4v) is 1.77. The van der Waals surface area contributed by atoms with Crippen LogP contribution in [0.1, 0.15) is 43.2 Å². The topological polar surface area (TPSA) is 52.3 Å². The highest BCUT2D eigenvalue weighted by molar-refractivity contribution is 5.70. The van der Waals surface area contributed by atoms with Gasteiger partial charge in [0.2, 0.25) is 0 Å². The zero-order valence-electron chi connectivity index (χ0n) is 10.8. The molecule has 3 nitrogen and oxygen atoms in total. The molecule has 1 atom stereocenters. The van der Waals surface area contributed by atoms with Gasteiger partial charge in [-0.3, -0.25) is 4.79 Å². The summed E-state index contributed by atoms with van der Waals surface area (Å²) in [6.45, 7) is 4.77. The predicted molar refractivity (Wildman–Crippen MR) is 69.0 cm³/mol. The van der Waals surface area contributed by atoms with Gasteiger partial charge in [0.15, 0.2) is 0 Å². The molecule has 0 saturated heterocycles. The summed E-state index contributed by atoms with van der Waals surface area (Å²) in [6, 6.07) is 8.30. The Labute approximate surface area is 103 Å². The first-order valence-corrected chi connectivity index (χ1v) is 5.95. The second kappa shape index (κ2) is 6.40. The van der Waals surface area contributed by atoms with E-state index in [1.165, 1.54) is 12.7 Å². The Morgan fingerprint density at radius 2 is 1.76 bits per heavy atom. The van der Waals surface area contributed by atoms with Crippen LogP contribution in [0.2, 0.25) is 0 Å². The fourth-order valence-electron chi connectivity index (χ4n) is 1.77. The van der Waals surface area contributed by atoms with Gasteiger partial charge in [0.25, 0.3) is 0 Å². The van der Waals surface area contributed by atoms with E-state index in [1.54, 1.807) is 0 Å². The Morgan fingerprint density at radius 1 is 1.24 bits per heavy atom. The van der Waals surface area contributed by atoms with E-state index in [0.717, 1.165) is 5.56 Å². The first kappa shape index (κ1) is 13.7. The predicted octanol–water partition coefficient (Wildman–Crippen LogP) is 2.42. The van der Waals surface area contributed by atoms with Gasteiger partial charge in [-0.05, 0) is 23.6 Å². The number of hydrogen-bond acceptors (Lipinski definition) is 3. The van der Waals surface area contributed by atoms with Crippen LogP contribution in [0.4, 0.5) is 0 Å². The Morgan fingerprint density at radius 3 is 2.18 bits per heavy atom. The fraction of sp³-hybridized carbons (Fsp3) is 0.500. The first-order chi connectivity index (χ1) is 8.08. The molecule has 0 saturated carbocycles. The van der Waals surface area contributed by atoms with Crippen molar-refractivity contribution in [2.24, 2.45) is 5.73 Å². The molecule has 0 aliphatic heterocycles.